The lowest BCUT2D eigenvalue weighted by Gasteiger charge is -2.33. The molecule has 0 radical (unpaired) electrons. The maximum absolute atomic E-state index is 4.64. The van der Waals surface area contributed by atoms with Crippen LogP contribution >= 0.6 is 0 Å². The Hall–Kier alpha value is -2.50. The first-order chi connectivity index (χ1) is 12.3. The number of benzene rings is 1. The van der Waals surface area contributed by atoms with Crippen LogP contribution < -0.4 is 4.90 Å². The summed E-state index contributed by atoms with van der Waals surface area (Å²) in [5.74, 6) is 1.74. The van der Waals surface area contributed by atoms with Crippen LogP contribution in [0.5, 0.6) is 0 Å². The van der Waals surface area contributed by atoms with Gasteiger partial charge in [-0.15, -0.1) is 5.10 Å². The summed E-state index contributed by atoms with van der Waals surface area (Å²) in [5.41, 5.74) is 2.56. The summed E-state index contributed by atoms with van der Waals surface area (Å²) in [5, 5.41) is 8.82. The lowest BCUT2D eigenvalue weighted by Crippen LogP contribution is -2.38. The number of para-hydroxylation sites is 1. The quantitative estimate of drug-likeness (QED) is 0.719. The second-order valence-corrected chi connectivity index (χ2v) is 7.31. The molecule has 6 nitrogen and oxygen atoms in total. The second-order valence-electron chi connectivity index (χ2n) is 7.31. The standard InChI is InChI=1S/C19H22N6/c1-13-11-14-7-5-6-10-16(14)24(13)18-17-19(21-12-20-18)25(23-22-17)15-8-3-2-4-9-15/h2-4,8-9,12-14,16H,5-7,10-11H2,1H3/t13-,14+,16+/m1/s1. The van der Waals surface area contributed by atoms with Crippen molar-refractivity contribution in [3.8, 4) is 5.69 Å². The fourth-order valence-electron chi connectivity index (χ4n) is 4.74. The van der Waals surface area contributed by atoms with Crippen LogP contribution in [-0.2, 0) is 0 Å². The Morgan fingerprint density at radius 2 is 1.88 bits per heavy atom. The molecule has 0 unspecified atom stereocenters. The highest BCUT2D eigenvalue weighted by molar-refractivity contribution is 5.84. The van der Waals surface area contributed by atoms with Gasteiger partial charge in [-0.3, -0.25) is 0 Å². The zero-order valence-electron chi connectivity index (χ0n) is 14.4. The molecule has 2 fully saturated rings. The van der Waals surface area contributed by atoms with E-state index in [1.165, 1.54) is 32.1 Å². The summed E-state index contributed by atoms with van der Waals surface area (Å²) in [7, 11) is 0. The molecule has 0 amide bonds. The molecule has 1 aromatic carbocycles. The normalized spacial score (nSPS) is 26.1. The van der Waals surface area contributed by atoms with E-state index in [-0.39, 0.29) is 0 Å². The van der Waals surface area contributed by atoms with Crippen molar-refractivity contribution >= 4 is 17.0 Å². The molecule has 6 heteroatoms. The minimum absolute atomic E-state index is 0.494. The lowest BCUT2D eigenvalue weighted by molar-refractivity contribution is 0.341. The first kappa shape index (κ1) is 14.8. The van der Waals surface area contributed by atoms with E-state index in [1.807, 2.05) is 30.3 Å². The van der Waals surface area contributed by atoms with Gasteiger partial charge in [-0.1, -0.05) is 36.3 Å². The first-order valence-corrected chi connectivity index (χ1v) is 9.23. The van der Waals surface area contributed by atoms with E-state index in [4.69, 9.17) is 0 Å². The molecule has 3 aromatic rings. The predicted octanol–water partition coefficient (Wildman–Crippen LogP) is 3.37. The summed E-state index contributed by atoms with van der Waals surface area (Å²) in [6.45, 7) is 2.31. The van der Waals surface area contributed by atoms with Gasteiger partial charge in [0, 0.05) is 12.1 Å². The Morgan fingerprint density at radius 1 is 1.04 bits per heavy atom. The smallest absolute Gasteiger partial charge is 0.189 e. The Balaban J connectivity index is 1.62. The van der Waals surface area contributed by atoms with Crippen molar-refractivity contribution in [1.29, 1.82) is 0 Å². The number of hydrogen-bond acceptors (Lipinski definition) is 5. The summed E-state index contributed by atoms with van der Waals surface area (Å²) in [4.78, 5) is 11.6. The minimum atomic E-state index is 0.494. The van der Waals surface area contributed by atoms with Gasteiger partial charge in [0.15, 0.2) is 17.0 Å². The molecule has 1 aliphatic carbocycles. The van der Waals surface area contributed by atoms with Crippen molar-refractivity contribution in [2.24, 2.45) is 5.92 Å². The Bertz CT molecular complexity index is 889. The lowest BCUT2D eigenvalue weighted by atomic mass is 9.85. The second kappa shape index (κ2) is 5.79. The summed E-state index contributed by atoms with van der Waals surface area (Å²) in [6, 6.07) is 11.1. The Kier molecular flexibility index (Phi) is 3.43. The molecular weight excluding hydrogens is 312 g/mol. The summed E-state index contributed by atoms with van der Waals surface area (Å²) >= 11 is 0. The minimum Gasteiger partial charge on any atom is -0.349 e. The highest BCUT2D eigenvalue weighted by atomic mass is 15.5. The van der Waals surface area contributed by atoms with Gasteiger partial charge in [-0.2, -0.15) is 4.68 Å². The van der Waals surface area contributed by atoms with E-state index >= 15 is 0 Å². The van der Waals surface area contributed by atoms with E-state index in [0.29, 0.717) is 12.1 Å². The fraction of sp³-hybridized carbons (Fsp3) is 0.474. The number of anilines is 1. The molecule has 3 atom stereocenters. The number of fused-ring (bicyclic) bond motifs is 2. The molecule has 2 aromatic heterocycles. The molecule has 128 valence electrons. The van der Waals surface area contributed by atoms with E-state index < -0.39 is 0 Å². The number of nitrogens with zero attached hydrogens (tertiary/aromatic N) is 6. The van der Waals surface area contributed by atoms with Crippen LogP contribution in [0.25, 0.3) is 16.9 Å². The summed E-state index contributed by atoms with van der Waals surface area (Å²) in [6.07, 6.45) is 8.19. The van der Waals surface area contributed by atoms with Crippen LogP contribution in [0.4, 0.5) is 5.82 Å². The molecule has 2 aliphatic rings. The van der Waals surface area contributed by atoms with Gasteiger partial charge in [0.1, 0.15) is 6.33 Å². The Morgan fingerprint density at radius 3 is 2.76 bits per heavy atom. The number of rotatable bonds is 2. The molecule has 0 bridgehead atoms. The van der Waals surface area contributed by atoms with Crippen LogP contribution in [0.15, 0.2) is 36.7 Å². The van der Waals surface area contributed by atoms with Gasteiger partial charge in [0.25, 0.3) is 0 Å². The van der Waals surface area contributed by atoms with Crippen molar-refractivity contribution in [2.45, 2.75) is 51.1 Å². The van der Waals surface area contributed by atoms with Crippen LogP contribution in [-0.4, -0.2) is 37.0 Å². The highest BCUT2D eigenvalue weighted by Gasteiger charge is 2.41. The molecule has 1 saturated heterocycles. The molecule has 25 heavy (non-hydrogen) atoms. The molecular formula is C19H22N6. The topological polar surface area (TPSA) is 59.7 Å². The molecule has 0 spiro atoms. The van der Waals surface area contributed by atoms with Crippen LogP contribution in [0.2, 0.25) is 0 Å². The van der Waals surface area contributed by atoms with E-state index in [1.54, 1.807) is 11.0 Å². The molecule has 1 aliphatic heterocycles. The SMILES string of the molecule is C[C@@H]1C[C@@H]2CCCC[C@@H]2N1c1ncnc2c1nnn2-c1ccccc1. The van der Waals surface area contributed by atoms with E-state index in [0.717, 1.165) is 28.6 Å². The van der Waals surface area contributed by atoms with Gasteiger partial charge in [-0.05, 0) is 44.2 Å². The van der Waals surface area contributed by atoms with Gasteiger partial charge in [-0.25, -0.2) is 9.97 Å². The molecule has 3 heterocycles. The van der Waals surface area contributed by atoms with Crippen LogP contribution in [0, 0.1) is 5.92 Å². The largest absolute Gasteiger partial charge is 0.349 e. The van der Waals surface area contributed by atoms with Crippen molar-refractivity contribution in [3.63, 3.8) is 0 Å². The van der Waals surface area contributed by atoms with Gasteiger partial charge in [0.2, 0.25) is 0 Å². The number of aromatic nitrogens is 5. The van der Waals surface area contributed by atoms with E-state index in [9.17, 15) is 0 Å². The van der Waals surface area contributed by atoms with E-state index in [2.05, 4.69) is 32.1 Å². The highest BCUT2D eigenvalue weighted by Crippen LogP contribution is 2.42. The monoisotopic (exact) mass is 334 g/mol. The van der Waals surface area contributed by atoms with Gasteiger partial charge >= 0.3 is 0 Å². The predicted molar refractivity (Wildman–Crippen MR) is 96.8 cm³/mol. The van der Waals surface area contributed by atoms with Gasteiger partial charge < -0.3 is 4.90 Å². The molecule has 0 N–H and O–H groups in total. The van der Waals surface area contributed by atoms with Crippen molar-refractivity contribution in [2.75, 3.05) is 4.90 Å². The van der Waals surface area contributed by atoms with Crippen molar-refractivity contribution in [3.05, 3.63) is 36.7 Å². The number of hydrogen-bond donors (Lipinski definition) is 0. The molecule has 5 rings (SSSR count). The Labute approximate surface area is 146 Å². The van der Waals surface area contributed by atoms with Crippen LogP contribution in [0.3, 0.4) is 0 Å². The third-order valence-corrected chi connectivity index (χ3v) is 5.81. The zero-order chi connectivity index (χ0) is 16.8. The summed E-state index contributed by atoms with van der Waals surface area (Å²) < 4.78 is 1.81. The first-order valence-electron chi connectivity index (χ1n) is 9.23. The third kappa shape index (κ3) is 2.31. The third-order valence-electron chi connectivity index (χ3n) is 5.81. The maximum atomic E-state index is 4.64. The zero-order valence-corrected chi connectivity index (χ0v) is 14.4. The van der Waals surface area contributed by atoms with Crippen LogP contribution in [0.1, 0.15) is 39.0 Å². The maximum Gasteiger partial charge on any atom is 0.189 e. The molecule has 1 saturated carbocycles. The fourth-order valence-corrected chi connectivity index (χ4v) is 4.74. The van der Waals surface area contributed by atoms with Gasteiger partial charge in [0.05, 0.1) is 5.69 Å². The van der Waals surface area contributed by atoms with Crippen molar-refractivity contribution < 1.29 is 0 Å². The van der Waals surface area contributed by atoms with Crippen molar-refractivity contribution in [1.82, 2.24) is 25.0 Å². The average molecular weight is 334 g/mol. The average Bonchev–Trinajstić information content (AvgIpc) is 3.22.